The van der Waals surface area contributed by atoms with Gasteiger partial charge in [0.25, 0.3) is 5.91 Å². The third-order valence-electron chi connectivity index (χ3n) is 2.95. The Morgan fingerprint density at radius 1 is 1.30 bits per heavy atom. The lowest BCUT2D eigenvalue weighted by Gasteiger charge is -2.15. The number of carbonyl (C=O) groups is 1. The molecule has 1 amide bonds. The van der Waals surface area contributed by atoms with E-state index in [-0.39, 0.29) is 11.9 Å². The van der Waals surface area contributed by atoms with Gasteiger partial charge in [-0.05, 0) is 43.7 Å². The molecule has 1 atom stereocenters. The van der Waals surface area contributed by atoms with Crippen molar-refractivity contribution in [3.63, 3.8) is 0 Å². The van der Waals surface area contributed by atoms with Gasteiger partial charge >= 0.3 is 0 Å². The van der Waals surface area contributed by atoms with Gasteiger partial charge in [-0.1, -0.05) is 28.1 Å². The topological polar surface area (TPSA) is 68.0 Å². The fourth-order valence-electron chi connectivity index (χ4n) is 1.94. The predicted octanol–water partition coefficient (Wildman–Crippen LogP) is 3.23. The van der Waals surface area contributed by atoms with E-state index in [4.69, 9.17) is 5.73 Å². The Kier molecular flexibility index (Phi) is 4.39. The van der Waals surface area contributed by atoms with Crippen molar-refractivity contribution in [3.05, 3.63) is 57.7 Å². The van der Waals surface area contributed by atoms with E-state index in [2.05, 4.69) is 26.2 Å². The van der Waals surface area contributed by atoms with E-state index in [0.29, 0.717) is 11.4 Å². The molecule has 4 nitrogen and oxygen atoms in total. The maximum Gasteiger partial charge on any atom is 0.251 e. The molecule has 1 unspecified atom stereocenters. The van der Waals surface area contributed by atoms with Crippen LogP contribution in [0.2, 0.25) is 0 Å². The van der Waals surface area contributed by atoms with Crippen molar-refractivity contribution in [3.8, 4) is 0 Å². The molecular weight excluding hydrogens is 318 g/mol. The Bertz CT molecular complexity index is 605. The molecule has 0 bridgehead atoms. The minimum atomic E-state index is -0.155. The smallest absolute Gasteiger partial charge is 0.251 e. The molecule has 2 rings (SSSR count). The summed E-state index contributed by atoms with van der Waals surface area (Å²) in [6, 6.07) is 11.1. The number of hydrogen-bond donors (Lipinski definition) is 2. The van der Waals surface area contributed by atoms with Gasteiger partial charge in [-0.25, -0.2) is 4.98 Å². The molecule has 0 spiro atoms. The standard InChI is InChI=1S/C15H16BrN3O/c1-9-7-12(8-14(17)18-9)15(20)19-10(2)11-3-5-13(16)6-4-11/h3-8,10H,1-2H3,(H2,17,18)(H,19,20). The van der Waals surface area contributed by atoms with Crippen LogP contribution in [-0.4, -0.2) is 10.9 Å². The molecule has 1 aromatic heterocycles. The first-order valence-electron chi connectivity index (χ1n) is 6.26. The normalized spacial score (nSPS) is 11.9. The number of nitrogens with two attached hydrogens (primary N) is 1. The molecule has 104 valence electrons. The van der Waals surface area contributed by atoms with Gasteiger partial charge in [-0.15, -0.1) is 0 Å². The highest BCUT2D eigenvalue weighted by Gasteiger charge is 2.12. The highest BCUT2D eigenvalue weighted by atomic mass is 79.9. The van der Waals surface area contributed by atoms with Crippen molar-refractivity contribution in [2.24, 2.45) is 0 Å². The number of nitrogen functional groups attached to an aromatic ring is 1. The van der Waals surface area contributed by atoms with Crippen molar-refractivity contribution in [2.75, 3.05) is 5.73 Å². The summed E-state index contributed by atoms with van der Waals surface area (Å²) in [5, 5.41) is 2.95. The molecule has 0 fully saturated rings. The number of hydrogen-bond acceptors (Lipinski definition) is 3. The van der Waals surface area contributed by atoms with E-state index < -0.39 is 0 Å². The second kappa shape index (κ2) is 6.05. The monoisotopic (exact) mass is 333 g/mol. The molecule has 0 saturated heterocycles. The Morgan fingerprint density at radius 3 is 2.55 bits per heavy atom. The number of carbonyl (C=O) groups excluding carboxylic acids is 1. The first kappa shape index (κ1) is 14.5. The summed E-state index contributed by atoms with van der Waals surface area (Å²) >= 11 is 3.39. The number of nitrogens with one attached hydrogen (secondary N) is 1. The first-order chi connectivity index (χ1) is 9.45. The lowest BCUT2D eigenvalue weighted by atomic mass is 10.1. The lowest BCUT2D eigenvalue weighted by Crippen LogP contribution is -2.26. The van der Waals surface area contributed by atoms with Crippen LogP contribution in [-0.2, 0) is 0 Å². The number of amides is 1. The lowest BCUT2D eigenvalue weighted by molar-refractivity contribution is 0.0939. The molecule has 3 N–H and O–H groups in total. The number of nitrogens with zero attached hydrogens (tertiary/aromatic N) is 1. The Balaban J connectivity index is 2.12. The van der Waals surface area contributed by atoms with Gasteiger partial charge in [0.15, 0.2) is 0 Å². The largest absolute Gasteiger partial charge is 0.384 e. The number of halogens is 1. The second-order valence-electron chi connectivity index (χ2n) is 4.67. The average molecular weight is 334 g/mol. The summed E-state index contributed by atoms with van der Waals surface area (Å²) in [6.45, 7) is 3.75. The van der Waals surface area contributed by atoms with Crippen molar-refractivity contribution in [2.45, 2.75) is 19.9 Å². The van der Waals surface area contributed by atoms with E-state index in [1.165, 1.54) is 0 Å². The van der Waals surface area contributed by atoms with Gasteiger partial charge in [0.1, 0.15) is 5.82 Å². The zero-order chi connectivity index (χ0) is 14.7. The summed E-state index contributed by atoms with van der Waals surface area (Å²) in [5.74, 6) is 0.198. The van der Waals surface area contributed by atoms with Crippen LogP contribution >= 0.6 is 15.9 Å². The Morgan fingerprint density at radius 2 is 1.95 bits per heavy atom. The zero-order valence-electron chi connectivity index (χ0n) is 11.4. The van der Waals surface area contributed by atoms with Crippen molar-refractivity contribution >= 4 is 27.7 Å². The fraction of sp³-hybridized carbons (Fsp3) is 0.200. The maximum absolute atomic E-state index is 12.2. The SMILES string of the molecule is Cc1cc(C(=O)NC(C)c2ccc(Br)cc2)cc(N)n1. The number of benzene rings is 1. The summed E-state index contributed by atoms with van der Waals surface area (Å²) in [5.41, 5.74) is 7.96. The third-order valence-corrected chi connectivity index (χ3v) is 3.48. The average Bonchev–Trinajstić information content (AvgIpc) is 2.38. The molecule has 0 saturated carbocycles. The zero-order valence-corrected chi connectivity index (χ0v) is 12.9. The Hall–Kier alpha value is -1.88. The van der Waals surface area contributed by atoms with E-state index in [1.807, 2.05) is 38.1 Å². The van der Waals surface area contributed by atoms with Crippen molar-refractivity contribution in [1.29, 1.82) is 0 Å². The van der Waals surface area contributed by atoms with Crippen molar-refractivity contribution in [1.82, 2.24) is 10.3 Å². The highest BCUT2D eigenvalue weighted by molar-refractivity contribution is 9.10. The van der Waals surface area contributed by atoms with Crippen LogP contribution in [0.5, 0.6) is 0 Å². The third kappa shape index (κ3) is 3.57. The van der Waals surface area contributed by atoms with Gasteiger partial charge < -0.3 is 11.1 Å². The van der Waals surface area contributed by atoms with Crippen LogP contribution in [0.15, 0.2) is 40.9 Å². The van der Waals surface area contributed by atoms with Gasteiger partial charge in [0.2, 0.25) is 0 Å². The number of pyridine rings is 1. The summed E-state index contributed by atoms with van der Waals surface area (Å²) < 4.78 is 1.01. The quantitative estimate of drug-likeness (QED) is 0.906. The van der Waals surface area contributed by atoms with E-state index in [9.17, 15) is 4.79 Å². The molecule has 1 aromatic carbocycles. The van der Waals surface area contributed by atoms with Gasteiger partial charge in [-0.2, -0.15) is 0 Å². The fourth-order valence-corrected chi connectivity index (χ4v) is 2.20. The molecule has 0 aliphatic carbocycles. The van der Waals surface area contributed by atoms with Crippen LogP contribution < -0.4 is 11.1 Å². The van der Waals surface area contributed by atoms with Crippen LogP contribution in [0.3, 0.4) is 0 Å². The molecule has 0 radical (unpaired) electrons. The van der Waals surface area contributed by atoms with Gasteiger partial charge in [0, 0.05) is 15.7 Å². The minimum absolute atomic E-state index is 0.0784. The van der Waals surface area contributed by atoms with E-state index >= 15 is 0 Å². The number of rotatable bonds is 3. The molecule has 2 aromatic rings. The first-order valence-corrected chi connectivity index (χ1v) is 7.05. The van der Waals surface area contributed by atoms with E-state index in [1.54, 1.807) is 12.1 Å². The highest BCUT2D eigenvalue weighted by Crippen LogP contribution is 2.17. The molecular formula is C15H16BrN3O. The summed E-state index contributed by atoms with van der Waals surface area (Å²) in [6.07, 6.45) is 0. The molecule has 1 heterocycles. The number of aryl methyl sites for hydroxylation is 1. The van der Waals surface area contributed by atoms with Crippen molar-refractivity contribution < 1.29 is 4.79 Å². The molecule has 5 heteroatoms. The minimum Gasteiger partial charge on any atom is -0.384 e. The molecule has 0 aliphatic heterocycles. The van der Waals surface area contributed by atoms with Crippen LogP contribution in [0.25, 0.3) is 0 Å². The molecule has 20 heavy (non-hydrogen) atoms. The maximum atomic E-state index is 12.2. The summed E-state index contributed by atoms with van der Waals surface area (Å²) in [4.78, 5) is 16.3. The molecule has 0 aliphatic rings. The van der Waals surface area contributed by atoms with Crippen LogP contribution in [0.1, 0.15) is 34.6 Å². The van der Waals surface area contributed by atoms with Crippen LogP contribution in [0.4, 0.5) is 5.82 Å². The van der Waals surface area contributed by atoms with Crippen LogP contribution in [0, 0.1) is 6.92 Å². The number of anilines is 1. The van der Waals surface area contributed by atoms with Gasteiger partial charge in [0.05, 0.1) is 6.04 Å². The number of aromatic nitrogens is 1. The van der Waals surface area contributed by atoms with Gasteiger partial charge in [-0.3, -0.25) is 4.79 Å². The predicted molar refractivity (Wildman–Crippen MR) is 83.4 cm³/mol. The second-order valence-corrected chi connectivity index (χ2v) is 5.58. The van der Waals surface area contributed by atoms with E-state index in [0.717, 1.165) is 15.7 Å². The summed E-state index contributed by atoms with van der Waals surface area (Å²) in [7, 11) is 0. The Labute approximate surface area is 126 Å².